The molecule has 1 amide bonds. The number of hydrogen-bond acceptors (Lipinski definition) is 2. The molecule has 2 aromatic heterocycles. The lowest BCUT2D eigenvalue weighted by molar-refractivity contribution is -0.116. The third kappa shape index (κ3) is 4.12. The molecule has 2 aromatic carbocycles. The predicted molar refractivity (Wildman–Crippen MR) is 113 cm³/mol. The van der Waals surface area contributed by atoms with Crippen LogP contribution in [0.4, 0.5) is 5.69 Å². The van der Waals surface area contributed by atoms with Crippen molar-refractivity contribution < 1.29 is 4.79 Å². The van der Waals surface area contributed by atoms with Crippen LogP contribution in [0.25, 0.3) is 16.9 Å². The van der Waals surface area contributed by atoms with E-state index in [1.807, 2.05) is 78.3 Å². The van der Waals surface area contributed by atoms with Crippen LogP contribution in [-0.4, -0.2) is 15.3 Å². The highest BCUT2D eigenvalue weighted by molar-refractivity contribution is 5.92. The SMILES string of the molecule is Cc1ccc(-c2cn3ccccc3n2)cc1NC(=O)CCCc1ccccc1. The molecule has 0 aliphatic rings. The Labute approximate surface area is 164 Å². The number of anilines is 1. The van der Waals surface area contributed by atoms with Crippen LogP contribution in [0.5, 0.6) is 0 Å². The number of aromatic nitrogens is 2. The fourth-order valence-electron chi connectivity index (χ4n) is 3.30. The van der Waals surface area contributed by atoms with Gasteiger partial charge < -0.3 is 9.72 Å². The van der Waals surface area contributed by atoms with E-state index in [2.05, 4.69) is 22.4 Å². The first kappa shape index (κ1) is 18.0. The summed E-state index contributed by atoms with van der Waals surface area (Å²) in [5.41, 5.74) is 5.95. The number of fused-ring (bicyclic) bond motifs is 1. The maximum atomic E-state index is 12.4. The van der Waals surface area contributed by atoms with Gasteiger partial charge in [0.05, 0.1) is 5.69 Å². The number of benzene rings is 2. The van der Waals surface area contributed by atoms with Crippen LogP contribution in [0.15, 0.2) is 79.1 Å². The summed E-state index contributed by atoms with van der Waals surface area (Å²) in [5, 5.41) is 3.07. The Kier molecular flexibility index (Phi) is 5.20. The minimum Gasteiger partial charge on any atom is -0.326 e. The molecule has 0 aliphatic heterocycles. The summed E-state index contributed by atoms with van der Waals surface area (Å²) in [7, 11) is 0. The normalized spacial score (nSPS) is 10.9. The van der Waals surface area contributed by atoms with E-state index in [9.17, 15) is 4.79 Å². The highest BCUT2D eigenvalue weighted by atomic mass is 16.1. The lowest BCUT2D eigenvalue weighted by atomic mass is 10.1. The van der Waals surface area contributed by atoms with Crippen LogP contribution in [0, 0.1) is 6.92 Å². The van der Waals surface area contributed by atoms with E-state index in [1.54, 1.807) is 0 Å². The summed E-state index contributed by atoms with van der Waals surface area (Å²) >= 11 is 0. The van der Waals surface area contributed by atoms with Gasteiger partial charge in [-0.05, 0) is 49.1 Å². The average Bonchev–Trinajstić information content (AvgIpc) is 3.15. The van der Waals surface area contributed by atoms with Crippen molar-refractivity contribution >= 4 is 17.2 Å². The second kappa shape index (κ2) is 8.09. The molecule has 4 nitrogen and oxygen atoms in total. The third-order valence-electron chi connectivity index (χ3n) is 4.88. The van der Waals surface area contributed by atoms with E-state index in [-0.39, 0.29) is 5.91 Å². The first-order chi connectivity index (χ1) is 13.7. The number of rotatable bonds is 6. The molecule has 0 radical (unpaired) electrons. The molecular weight excluding hydrogens is 346 g/mol. The summed E-state index contributed by atoms with van der Waals surface area (Å²) < 4.78 is 2.00. The number of nitrogens with one attached hydrogen (secondary N) is 1. The summed E-state index contributed by atoms with van der Waals surface area (Å²) in [6.07, 6.45) is 6.24. The Balaban J connectivity index is 1.44. The van der Waals surface area contributed by atoms with Crippen LogP contribution in [0.1, 0.15) is 24.0 Å². The number of pyridine rings is 1. The predicted octanol–water partition coefficient (Wildman–Crippen LogP) is 5.27. The van der Waals surface area contributed by atoms with Crippen LogP contribution in [-0.2, 0) is 11.2 Å². The Morgan fingerprint density at radius 3 is 2.68 bits per heavy atom. The quantitative estimate of drug-likeness (QED) is 0.503. The van der Waals surface area contributed by atoms with Crippen molar-refractivity contribution in [2.24, 2.45) is 0 Å². The molecule has 0 unspecified atom stereocenters. The Hall–Kier alpha value is -3.40. The van der Waals surface area contributed by atoms with E-state index < -0.39 is 0 Å². The molecule has 140 valence electrons. The average molecular weight is 369 g/mol. The molecule has 0 spiro atoms. The largest absolute Gasteiger partial charge is 0.326 e. The van der Waals surface area contributed by atoms with E-state index in [0.717, 1.165) is 41.0 Å². The monoisotopic (exact) mass is 369 g/mol. The maximum Gasteiger partial charge on any atom is 0.224 e. The summed E-state index contributed by atoms with van der Waals surface area (Å²) in [6.45, 7) is 2.01. The van der Waals surface area contributed by atoms with E-state index in [0.29, 0.717) is 6.42 Å². The Bertz CT molecular complexity index is 1070. The van der Waals surface area contributed by atoms with Gasteiger partial charge >= 0.3 is 0 Å². The lowest BCUT2D eigenvalue weighted by Gasteiger charge is -2.10. The third-order valence-corrected chi connectivity index (χ3v) is 4.88. The molecule has 0 atom stereocenters. The van der Waals surface area contributed by atoms with Gasteiger partial charge in [0, 0.05) is 30.1 Å². The number of imidazole rings is 1. The van der Waals surface area contributed by atoms with Crippen molar-refractivity contribution in [1.82, 2.24) is 9.38 Å². The van der Waals surface area contributed by atoms with Gasteiger partial charge in [-0.15, -0.1) is 0 Å². The number of hydrogen-bond donors (Lipinski definition) is 1. The standard InChI is InChI=1S/C24H23N3O/c1-18-13-14-20(22-17-27-15-6-5-11-23(27)25-22)16-21(18)26-24(28)12-7-10-19-8-3-2-4-9-19/h2-6,8-9,11,13-17H,7,10,12H2,1H3,(H,26,28). The van der Waals surface area contributed by atoms with Crippen molar-refractivity contribution in [1.29, 1.82) is 0 Å². The van der Waals surface area contributed by atoms with E-state index in [1.165, 1.54) is 5.56 Å². The van der Waals surface area contributed by atoms with Crippen molar-refractivity contribution in [2.45, 2.75) is 26.2 Å². The number of nitrogens with zero attached hydrogens (tertiary/aromatic N) is 2. The Morgan fingerprint density at radius 2 is 1.86 bits per heavy atom. The van der Waals surface area contributed by atoms with Gasteiger partial charge in [-0.3, -0.25) is 4.79 Å². The van der Waals surface area contributed by atoms with Crippen LogP contribution in [0.3, 0.4) is 0 Å². The molecule has 0 bridgehead atoms. The van der Waals surface area contributed by atoms with Gasteiger partial charge in [0.15, 0.2) is 0 Å². The maximum absolute atomic E-state index is 12.4. The fraction of sp³-hybridized carbons (Fsp3) is 0.167. The number of aryl methyl sites for hydroxylation is 2. The van der Waals surface area contributed by atoms with Crippen molar-refractivity contribution in [3.05, 3.63) is 90.3 Å². The zero-order valence-electron chi connectivity index (χ0n) is 15.9. The van der Waals surface area contributed by atoms with Crippen LogP contribution in [0.2, 0.25) is 0 Å². The molecule has 4 rings (SSSR count). The van der Waals surface area contributed by atoms with Crippen LogP contribution >= 0.6 is 0 Å². The van der Waals surface area contributed by atoms with Gasteiger partial charge in [0.25, 0.3) is 0 Å². The molecule has 0 saturated heterocycles. The molecule has 28 heavy (non-hydrogen) atoms. The zero-order valence-corrected chi connectivity index (χ0v) is 15.9. The fourth-order valence-corrected chi connectivity index (χ4v) is 3.30. The molecule has 1 N–H and O–H groups in total. The minimum atomic E-state index is 0.0474. The van der Waals surface area contributed by atoms with Gasteiger partial charge in [0.2, 0.25) is 5.91 Å². The lowest BCUT2D eigenvalue weighted by Crippen LogP contribution is -2.12. The second-order valence-electron chi connectivity index (χ2n) is 7.01. The summed E-state index contributed by atoms with van der Waals surface area (Å²) in [5.74, 6) is 0.0474. The molecule has 2 heterocycles. The van der Waals surface area contributed by atoms with Gasteiger partial charge in [-0.2, -0.15) is 0 Å². The molecule has 0 aliphatic carbocycles. The van der Waals surface area contributed by atoms with Gasteiger partial charge in [-0.25, -0.2) is 4.98 Å². The summed E-state index contributed by atoms with van der Waals surface area (Å²) in [4.78, 5) is 17.1. The molecule has 4 heteroatoms. The zero-order chi connectivity index (χ0) is 19.3. The molecule has 0 saturated carbocycles. The highest BCUT2D eigenvalue weighted by Gasteiger charge is 2.09. The first-order valence-corrected chi connectivity index (χ1v) is 9.57. The number of amides is 1. The number of carbonyl (C=O) groups excluding carboxylic acids is 1. The molecular formula is C24H23N3O. The first-order valence-electron chi connectivity index (χ1n) is 9.57. The van der Waals surface area contributed by atoms with Gasteiger partial charge in [0.1, 0.15) is 5.65 Å². The van der Waals surface area contributed by atoms with Crippen molar-refractivity contribution in [3.63, 3.8) is 0 Å². The van der Waals surface area contributed by atoms with Crippen LogP contribution < -0.4 is 5.32 Å². The second-order valence-corrected chi connectivity index (χ2v) is 7.01. The summed E-state index contributed by atoms with van der Waals surface area (Å²) in [6, 6.07) is 22.3. The number of carbonyl (C=O) groups is 1. The van der Waals surface area contributed by atoms with Gasteiger partial charge in [-0.1, -0.05) is 48.5 Å². The molecule has 0 fully saturated rings. The van der Waals surface area contributed by atoms with E-state index in [4.69, 9.17) is 0 Å². The molecule has 4 aromatic rings. The minimum absolute atomic E-state index is 0.0474. The Morgan fingerprint density at radius 1 is 1.04 bits per heavy atom. The highest BCUT2D eigenvalue weighted by Crippen LogP contribution is 2.25. The van der Waals surface area contributed by atoms with Crippen molar-refractivity contribution in [2.75, 3.05) is 5.32 Å². The smallest absolute Gasteiger partial charge is 0.224 e. The topological polar surface area (TPSA) is 46.4 Å². The van der Waals surface area contributed by atoms with E-state index >= 15 is 0 Å². The van der Waals surface area contributed by atoms with Crippen molar-refractivity contribution in [3.8, 4) is 11.3 Å².